The molecule has 0 saturated heterocycles. The number of carbonyl (C=O) groups excluding carboxylic acids is 1. The fourth-order valence-corrected chi connectivity index (χ4v) is 1.41. The van der Waals surface area contributed by atoms with Gasteiger partial charge >= 0.3 is 0 Å². The van der Waals surface area contributed by atoms with E-state index in [1.807, 2.05) is 24.3 Å². The molecule has 0 unspecified atom stereocenters. The first-order valence-corrected chi connectivity index (χ1v) is 4.98. The number of nitrogens with one attached hydrogen (secondary N) is 1. The van der Waals surface area contributed by atoms with E-state index in [2.05, 4.69) is 10.3 Å². The highest BCUT2D eigenvalue weighted by Gasteiger charge is 2.04. The number of aromatic nitrogens is 1. The first kappa shape index (κ1) is 10.4. The molecule has 1 N–H and O–H groups in total. The lowest BCUT2D eigenvalue weighted by molar-refractivity contribution is -0.122. The predicted molar refractivity (Wildman–Crippen MR) is 61.3 cm³/mol. The van der Waals surface area contributed by atoms with E-state index in [1.54, 1.807) is 19.3 Å². The van der Waals surface area contributed by atoms with Crippen LogP contribution in [0.2, 0.25) is 0 Å². The van der Waals surface area contributed by atoms with Gasteiger partial charge in [-0.3, -0.25) is 9.78 Å². The summed E-state index contributed by atoms with van der Waals surface area (Å²) < 4.78 is 5.42. The van der Waals surface area contributed by atoms with Gasteiger partial charge in [0.1, 0.15) is 5.75 Å². The van der Waals surface area contributed by atoms with Crippen LogP contribution in [0.4, 0.5) is 0 Å². The molecular formula is C12H12N2O2. The first-order valence-electron chi connectivity index (χ1n) is 4.98. The van der Waals surface area contributed by atoms with Gasteiger partial charge in [0.05, 0.1) is 5.52 Å². The highest BCUT2D eigenvalue weighted by Crippen LogP contribution is 2.22. The Hall–Kier alpha value is -2.10. The summed E-state index contributed by atoms with van der Waals surface area (Å²) in [7, 11) is 1.58. The second-order valence-electron chi connectivity index (χ2n) is 3.29. The molecule has 1 aromatic carbocycles. The summed E-state index contributed by atoms with van der Waals surface area (Å²) in [6, 6.07) is 9.41. The number of benzene rings is 1. The van der Waals surface area contributed by atoms with Crippen LogP contribution in [0.5, 0.6) is 5.75 Å². The average molecular weight is 216 g/mol. The van der Waals surface area contributed by atoms with Gasteiger partial charge in [0.2, 0.25) is 0 Å². The number of ether oxygens (including phenoxy) is 1. The van der Waals surface area contributed by atoms with E-state index in [0.717, 1.165) is 10.9 Å². The maximum Gasteiger partial charge on any atom is 0.257 e. The van der Waals surface area contributed by atoms with Gasteiger partial charge in [-0.2, -0.15) is 0 Å². The second-order valence-corrected chi connectivity index (χ2v) is 3.29. The lowest BCUT2D eigenvalue weighted by Gasteiger charge is -2.07. The Bertz CT molecular complexity index is 506. The molecule has 16 heavy (non-hydrogen) atoms. The maximum absolute atomic E-state index is 11.1. The van der Waals surface area contributed by atoms with Crippen LogP contribution in [0.3, 0.4) is 0 Å². The zero-order valence-electron chi connectivity index (χ0n) is 8.93. The number of nitrogens with zero attached hydrogens (tertiary/aromatic N) is 1. The molecule has 1 aromatic heterocycles. The summed E-state index contributed by atoms with van der Waals surface area (Å²) in [6.07, 6.45) is 1.67. The molecule has 0 radical (unpaired) electrons. The quantitative estimate of drug-likeness (QED) is 0.842. The number of likely N-dealkylation sites (N-methyl/N-ethyl adjacent to an activating group) is 1. The van der Waals surface area contributed by atoms with Gasteiger partial charge in [-0.15, -0.1) is 0 Å². The predicted octanol–water partition coefficient (Wildman–Crippen LogP) is 1.36. The normalized spacial score (nSPS) is 10.1. The lowest BCUT2D eigenvalue weighted by Crippen LogP contribution is -2.24. The Labute approximate surface area is 93.3 Å². The number of carbonyl (C=O) groups is 1. The van der Waals surface area contributed by atoms with Crippen molar-refractivity contribution in [2.24, 2.45) is 0 Å². The minimum atomic E-state index is -0.152. The van der Waals surface area contributed by atoms with Gasteiger partial charge in [-0.25, -0.2) is 0 Å². The third-order valence-corrected chi connectivity index (χ3v) is 2.25. The molecule has 1 amide bonds. The van der Waals surface area contributed by atoms with Gasteiger partial charge < -0.3 is 10.1 Å². The standard InChI is InChI=1S/C12H12N2O2/c1-13-12(15)8-16-11-6-7-14-10-5-3-2-4-9(10)11/h2-7H,8H2,1H3,(H,13,15). The topological polar surface area (TPSA) is 51.2 Å². The molecule has 0 saturated carbocycles. The number of fused-ring (bicyclic) bond motifs is 1. The molecule has 2 aromatic rings. The highest BCUT2D eigenvalue weighted by molar-refractivity contribution is 5.85. The zero-order chi connectivity index (χ0) is 11.4. The van der Waals surface area contributed by atoms with Crippen LogP contribution < -0.4 is 10.1 Å². The summed E-state index contributed by atoms with van der Waals surface area (Å²) in [5.41, 5.74) is 0.858. The van der Waals surface area contributed by atoms with Crippen molar-refractivity contribution in [2.45, 2.75) is 0 Å². The molecule has 0 aliphatic heterocycles. The summed E-state index contributed by atoms with van der Waals surface area (Å²) >= 11 is 0. The van der Waals surface area contributed by atoms with E-state index in [0.29, 0.717) is 5.75 Å². The van der Waals surface area contributed by atoms with Crippen LogP contribution >= 0.6 is 0 Å². The molecule has 4 heteroatoms. The van der Waals surface area contributed by atoms with Crippen molar-refractivity contribution in [3.63, 3.8) is 0 Å². The van der Waals surface area contributed by atoms with E-state index >= 15 is 0 Å². The third-order valence-electron chi connectivity index (χ3n) is 2.25. The highest BCUT2D eigenvalue weighted by atomic mass is 16.5. The Kier molecular flexibility index (Phi) is 3.00. The third kappa shape index (κ3) is 2.11. The number of para-hydroxylation sites is 1. The molecule has 0 atom stereocenters. The number of amides is 1. The van der Waals surface area contributed by atoms with Crippen molar-refractivity contribution in [3.8, 4) is 5.75 Å². The van der Waals surface area contributed by atoms with Gasteiger partial charge in [-0.1, -0.05) is 12.1 Å². The van der Waals surface area contributed by atoms with Crippen LogP contribution in [0.1, 0.15) is 0 Å². The van der Waals surface area contributed by atoms with Crippen LogP contribution in [-0.2, 0) is 4.79 Å². The number of pyridine rings is 1. The average Bonchev–Trinajstić information content (AvgIpc) is 2.35. The molecule has 0 bridgehead atoms. The minimum Gasteiger partial charge on any atom is -0.483 e. The van der Waals surface area contributed by atoms with Crippen LogP contribution in [0.15, 0.2) is 36.5 Å². The SMILES string of the molecule is CNC(=O)COc1ccnc2ccccc12. The molecule has 1 heterocycles. The molecule has 4 nitrogen and oxygen atoms in total. The molecule has 0 fully saturated rings. The lowest BCUT2D eigenvalue weighted by atomic mass is 10.2. The molecule has 2 rings (SSSR count). The second kappa shape index (κ2) is 4.61. The number of rotatable bonds is 3. The monoisotopic (exact) mass is 216 g/mol. The molecule has 0 spiro atoms. The van der Waals surface area contributed by atoms with Gasteiger partial charge in [0, 0.05) is 18.6 Å². The van der Waals surface area contributed by atoms with Gasteiger partial charge in [0.25, 0.3) is 5.91 Å². The van der Waals surface area contributed by atoms with Crippen molar-refractivity contribution in [3.05, 3.63) is 36.5 Å². The first-order chi connectivity index (χ1) is 7.81. The summed E-state index contributed by atoms with van der Waals surface area (Å²) in [6.45, 7) is 0.0184. The van der Waals surface area contributed by atoms with Crippen LogP contribution in [-0.4, -0.2) is 24.5 Å². The Balaban J connectivity index is 2.27. The fourth-order valence-electron chi connectivity index (χ4n) is 1.41. The van der Waals surface area contributed by atoms with Crippen molar-refractivity contribution in [2.75, 3.05) is 13.7 Å². The molecule has 0 aliphatic carbocycles. The van der Waals surface area contributed by atoms with E-state index in [1.165, 1.54) is 0 Å². The zero-order valence-corrected chi connectivity index (χ0v) is 8.93. The van der Waals surface area contributed by atoms with Crippen molar-refractivity contribution < 1.29 is 9.53 Å². The van der Waals surface area contributed by atoms with Gasteiger partial charge in [-0.05, 0) is 18.2 Å². The molecule has 82 valence electrons. The number of hydrogen-bond acceptors (Lipinski definition) is 3. The van der Waals surface area contributed by atoms with Crippen molar-refractivity contribution in [1.82, 2.24) is 10.3 Å². The number of hydrogen-bond donors (Lipinski definition) is 1. The van der Waals surface area contributed by atoms with E-state index < -0.39 is 0 Å². The van der Waals surface area contributed by atoms with Crippen molar-refractivity contribution in [1.29, 1.82) is 0 Å². The van der Waals surface area contributed by atoms with Gasteiger partial charge in [0.15, 0.2) is 6.61 Å². The van der Waals surface area contributed by atoms with Crippen LogP contribution in [0, 0.1) is 0 Å². The Morgan fingerprint density at radius 2 is 2.19 bits per heavy atom. The Morgan fingerprint density at radius 1 is 1.38 bits per heavy atom. The molecular weight excluding hydrogens is 204 g/mol. The Morgan fingerprint density at radius 3 is 3.00 bits per heavy atom. The molecule has 0 aliphatic rings. The smallest absolute Gasteiger partial charge is 0.257 e. The van der Waals surface area contributed by atoms with Crippen molar-refractivity contribution >= 4 is 16.8 Å². The van der Waals surface area contributed by atoms with E-state index in [9.17, 15) is 4.79 Å². The summed E-state index contributed by atoms with van der Waals surface area (Å²) in [5, 5.41) is 3.41. The largest absolute Gasteiger partial charge is 0.483 e. The van der Waals surface area contributed by atoms with E-state index in [-0.39, 0.29) is 12.5 Å². The van der Waals surface area contributed by atoms with Crippen LogP contribution in [0.25, 0.3) is 10.9 Å². The summed E-state index contributed by atoms with van der Waals surface area (Å²) in [5.74, 6) is 0.523. The minimum absolute atomic E-state index is 0.0184. The van der Waals surface area contributed by atoms with E-state index in [4.69, 9.17) is 4.74 Å². The fraction of sp³-hybridized carbons (Fsp3) is 0.167. The summed E-state index contributed by atoms with van der Waals surface area (Å²) in [4.78, 5) is 15.3. The maximum atomic E-state index is 11.1.